The van der Waals surface area contributed by atoms with Gasteiger partial charge in [-0.3, -0.25) is 9.59 Å². The van der Waals surface area contributed by atoms with Gasteiger partial charge in [-0.1, -0.05) is 18.2 Å². The lowest BCUT2D eigenvalue weighted by molar-refractivity contribution is -0.131. The van der Waals surface area contributed by atoms with E-state index in [-0.39, 0.29) is 19.2 Å². The number of fused-ring (bicyclic) bond motifs is 2. The van der Waals surface area contributed by atoms with Crippen molar-refractivity contribution in [1.29, 1.82) is 0 Å². The summed E-state index contributed by atoms with van der Waals surface area (Å²) in [4.78, 5) is 27.3. The van der Waals surface area contributed by atoms with E-state index in [1.807, 2.05) is 24.4 Å². The third-order valence-electron chi connectivity index (χ3n) is 4.84. The second-order valence-electron chi connectivity index (χ2n) is 6.77. The molecule has 0 spiro atoms. The Morgan fingerprint density at radius 1 is 1.24 bits per heavy atom. The molecule has 29 heavy (non-hydrogen) atoms. The van der Waals surface area contributed by atoms with Gasteiger partial charge in [-0.15, -0.1) is 0 Å². The fourth-order valence-corrected chi connectivity index (χ4v) is 3.60. The maximum Gasteiger partial charge on any atom is 0.308 e. The number of ketones is 1. The molecule has 0 amide bonds. The number of aromatic nitrogens is 1. The van der Waals surface area contributed by atoms with Crippen molar-refractivity contribution >= 4 is 22.7 Å². The van der Waals surface area contributed by atoms with E-state index >= 15 is 0 Å². The second kappa shape index (κ2) is 7.97. The van der Waals surface area contributed by atoms with Gasteiger partial charge < -0.3 is 23.9 Å². The number of esters is 1. The summed E-state index contributed by atoms with van der Waals surface area (Å²) in [6, 6.07) is 9.62. The van der Waals surface area contributed by atoms with Gasteiger partial charge in [-0.05, 0) is 24.5 Å². The minimum absolute atomic E-state index is 0.0384. The van der Waals surface area contributed by atoms with Crippen molar-refractivity contribution in [3.05, 3.63) is 53.2 Å². The zero-order valence-corrected chi connectivity index (χ0v) is 16.2. The van der Waals surface area contributed by atoms with Crippen molar-refractivity contribution in [3.8, 4) is 17.2 Å². The zero-order chi connectivity index (χ0) is 20.4. The van der Waals surface area contributed by atoms with Crippen LogP contribution in [0.3, 0.4) is 0 Å². The van der Waals surface area contributed by atoms with Gasteiger partial charge in [-0.25, -0.2) is 0 Å². The van der Waals surface area contributed by atoms with Crippen LogP contribution in [-0.4, -0.2) is 37.2 Å². The van der Waals surface area contributed by atoms with Crippen LogP contribution in [0.2, 0.25) is 0 Å². The molecule has 0 aliphatic carbocycles. The number of hydrogen-bond acceptors (Lipinski definition) is 6. The lowest BCUT2D eigenvalue weighted by atomic mass is 9.98. The van der Waals surface area contributed by atoms with Crippen LogP contribution < -0.4 is 14.2 Å². The topological polar surface area (TPSA) is 86.9 Å². The number of benzene rings is 2. The normalized spacial score (nSPS) is 12.7. The van der Waals surface area contributed by atoms with E-state index in [4.69, 9.17) is 18.9 Å². The average Bonchev–Trinajstić information content (AvgIpc) is 3.28. The molecule has 7 heteroatoms. The zero-order valence-electron chi connectivity index (χ0n) is 16.2. The molecule has 0 fully saturated rings. The summed E-state index contributed by atoms with van der Waals surface area (Å²) in [5.74, 6) is 0.405. The first-order chi connectivity index (χ1) is 14.1. The largest absolute Gasteiger partial charge is 0.484 e. The van der Waals surface area contributed by atoms with E-state index in [9.17, 15) is 9.59 Å². The van der Waals surface area contributed by atoms with Gasteiger partial charge in [0.25, 0.3) is 0 Å². The van der Waals surface area contributed by atoms with Gasteiger partial charge >= 0.3 is 5.97 Å². The summed E-state index contributed by atoms with van der Waals surface area (Å²) >= 11 is 0. The van der Waals surface area contributed by atoms with Crippen LogP contribution in [0.4, 0.5) is 0 Å². The first kappa shape index (κ1) is 19.0. The summed E-state index contributed by atoms with van der Waals surface area (Å²) in [5, 5.41) is 1.13. The van der Waals surface area contributed by atoms with Crippen LogP contribution in [0.25, 0.3) is 10.9 Å². The Balaban J connectivity index is 1.75. The Kier molecular flexibility index (Phi) is 5.22. The number of methoxy groups -OCH3 is 1. The molecule has 4 rings (SSSR count). The predicted molar refractivity (Wildman–Crippen MR) is 106 cm³/mol. The van der Waals surface area contributed by atoms with Gasteiger partial charge in [-0.2, -0.15) is 0 Å². The van der Waals surface area contributed by atoms with Crippen LogP contribution in [-0.2, 0) is 22.4 Å². The molecule has 0 radical (unpaired) electrons. The molecule has 2 heterocycles. The lowest BCUT2D eigenvalue weighted by Crippen LogP contribution is -2.11. The third kappa shape index (κ3) is 3.69. The van der Waals surface area contributed by atoms with E-state index in [0.29, 0.717) is 41.2 Å². The molecule has 7 nitrogen and oxygen atoms in total. The minimum Gasteiger partial charge on any atom is -0.484 e. The molecule has 1 aliphatic heterocycles. The number of aromatic amines is 1. The van der Waals surface area contributed by atoms with Crippen molar-refractivity contribution < 1.29 is 28.5 Å². The quantitative estimate of drug-likeness (QED) is 0.375. The van der Waals surface area contributed by atoms with Crippen LogP contribution >= 0.6 is 0 Å². The molecule has 1 N–H and O–H groups in total. The van der Waals surface area contributed by atoms with Gasteiger partial charge in [0.2, 0.25) is 5.78 Å². The van der Waals surface area contributed by atoms with Gasteiger partial charge in [0.15, 0.2) is 13.4 Å². The SMILES string of the molecule is COCOc1c(CCc2c[nH]c3ccccc23)c(OC(C)=O)cc2c1C(=O)CO2. The highest BCUT2D eigenvalue weighted by Crippen LogP contribution is 2.43. The van der Waals surface area contributed by atoms with Crippen LogP contribution in [0.15, 0.2) is 36.5 Å². The third-order valence-corrected chi connectivity index (χ3v) is 4.84. The van der Waals surface area contributed by atoms with Gasteiger partial charge in [0, 0.05) is 42.8 Å². The summed E-state index contributed by atoms with van der Waals surface area (Å²) in [6.45, 7) is 1.23. The molecule has 2 aromatic carbocycles. The number of carbonyl (C=O) groups excluding carboxylic acids is 2. The maximum atomic E-state index is 12.4. The van der Waals surface area contributed by atoms with Crippen LogP contribution in [0.5, 0.6) is 17.2 Å². The standard InChI is InChI=1S/C22H21NO6/c1-13(24)29-19-9-20-21(18(25)11-27-20)22(28-12-26-2)16(19)8-7-14-10-23-17-6-4-3-5-15(14)17/h3-6,9-10,23H,7-8,11-12H2,1-2H3. The minimum atomic E-state index is -0.458. The molecule has 3 aromatic rings. The molecule has 0 bridgehead atoms. The Labute approximate surface area is 167 Å². The molecule has 0 atom stereocenters. The van der Waals surface area contributed by atoms with E-state index in [1.54, 1.807) is 6.07 Å². The number of nitrogens with one attached hydrogen (secondary N) is 1. The summed E-state index contributed by atoms with van der Waals surface area (Å²) in [5.41, 5.74) is 3.18. The Hall–Kier alpha value is -3.32. The summed E-state index contributed by atoms with van der Waals surface area (Å²) < 4.78 is 21.7. The van der Waals surface area contributed by atoms with Crippen LogP contribution in [0, 0.1) is 0 Å². The van der Waals surface area contributed by atoms with E-state index in [1.165, 1.54) is 14.0 Å². The maximum absolute atomic E-state index is 12.4. The highest BCUT2D eigenvalue weighted by molar-refractivity contribution is 6.05. The monoisotopic (exact) mass is 395 g/mol. The number of ether oxygens (including phenoxy) is 4. The molecule has 0 saturated carbocycles. The number of hydrogen-bond donors (Lipinski definition) is 1. The van der Waals surface area contributed by atoms with Gasteiger partial charge in [0.1, 0.15) is 22.8 Å². The molecule has 1 aliphatic rings. The van der Waals surface area contributed by atoms with E-state index < -0.39 is 5.97 Å². The Morgan fingerprint density at radius 2 is 2.07 bits per heavy atom. The summed E-state index contributed by atoms with van der Waals surface area (Å²) in [6.07, 6.45) is 3.13. The number of Topliss-reactive ketones (excluding diaryl/α,β-unsaturated/α-hetero) is 1. The number of carbonyl (C=O) groups is 2. The first-order valence-corrected chi connectivity index (χ1v) is 9.29. The van der Waals surface area contributed by atoms with Crippen LogP contribution in [0.1, 0.15) is 28.4 Å². The number of aryl methyl sites for hydroxylation is 1. The van der Waals surface area contributed by atoms with E-state index in [0.717, 1.165) is 16.5 Å². The number of para-hydroxylation sites is 1. The molecular formula is C22H21NO6. The molecule has 0 saturated heterocycles. The lowest BCUT2D eigenvalue weighted by Gasteiger charge is -2.17. The highest BCUT2D eigenvalue weighted by Gasteiger charge is 2.31. The Morgan fingerprint density at radius 3 is 2.86 bits per heavy atom. The van der Waals surface area contributed by atoms with Crippen molar-refractivity contribution in [3.63, 3.8) is 0 Å². The second-order valence-corrected chi connectivity index (χ2v) is 6.77. The van der Waals surface area contributed by atoms with Gasteiger partial charge in [0.05, 0.1) is 0 Å². The fourth-order valence-electron chi connectivity index (χ4n) is 3.60. The Bertz CT molecular complexity index is 1080. The number of H-pyrrole nitrogens is 1. The molecule has 0 unspecified atom stereocenters. The first-order valence-electron chi connectivity index (χ1n) is 9.29. The fraction of sp³-hybridized carbons (Fsp3) is 0.273. The highest BCUT2D eigenvalue weighted by atomic mass is 16.7. The smallest absolute Gasteiger partial charge is 0.308 e. The number of rotatable bonds is 7. The van der Waals surface area contributed by atoms with Crippen molar-refractivity contribution in [2.75, 3.05) is 20.5 Å². The summed E-state index contributed by atoms with van der Waals surface area (Å²) in [7, 11) is 1.50. The van der Waals surface area contributed by atoms with Crippen molar-refractivity contribution in [1.82, 2.24) is 4.98 Å². The van der Waals surface area contributed by atoms with Crippen molar-refractivity contribution in [2.45, 2.75) is 19.8 Å². The van der Waals surface area contributed by atoms with Crippen molar-refractivity contribution in [2.24, 2.45) is 0 Å². The molecular weight excluding hydrogens is 374 g/mol. The molecule has 150 valence electrons. The van der Waals surface area contributed by atoms with E-state index in [2.05, 4.69) is 11.1 Å². The predicted octanol–water partition coefficient (Wildman–Crippen LogP) is 3.44. The average molecular weight is 395 g/mol. The molecule has 1 aromatic heterocycles.